The second-order valence-corrected chi connectivity index (χ2v) is 5.86. The Hall–Kier alpha value is -1.91. The number of fused-ring (bicyclic) bond motifs is 1. The van der Waals surface area contributed by atoms with Crippen LogP contribution >= 0.6 is 11.3 Å². The van der Waals surface area contributed by atoms with Crippen LogP contribution in [0.15, 0.2) is 48.7 Å². The monoisotopic (exact) mass is 285 g/mol. The van der Waals surface area contributed by atoms with E-state index in [1.165, 1.54) is 0 Å². The van der Waals surface area contributed by atoms with Crippen LogP contribution in [0.1, 0.15) is 17.5 Å². The van der Waals surface area contributed by atoms with Crippen LogP contribution in [0.3, 0.4) is 0 Å². The first kappa shape index (κ1) is 13.1. The highest BCUT2D eigenvalue weighted by Crippen LogP contribution is 2.39. The third kappa shape index (κ3) is 2.07. The minimum atomic E-state index is -1.17. The van der Waals surface area contributed by atoms with Crippen LogP contribution in [0.5, 0.6) is 5.75 Å². The van der Waals surface area contributed by atoms with E-state index in [4.69, 9.17) is 4.74 Å². The van der Waals surface area contributed by atoms with E-state index in [0.717, 1.165) is 15.0 Å². The molecule has 0 aliphatic rings. The third-order valence-electron chi connectivity index (χ3n) is 3.36. The molecule has 2 aromatic heterocycles. The zero-order chi connectivity index (χ0) is 14.2. The molecule has 0 aliphatic heterocycles. The number of hydrogen-bond donors (Lipinski definition) is 1. The molecule has 102 valence electrons. The summed E-state index contributed by atoms with van der Waals surface area (Å²) in [6, 6.07) is 13.7. The van der Waals surface area contributed by atoms with E-state index in [9.17, 15) is 5.11 Å². The van der Waals surface area contributed by atoms with Crippen molar-refractivity contribution in [3.05, 3.63) is 59.2 Å². The number of benzene rings is 1. The fourth-order valence-electron chi connectivity index (χ4n) is 2.26. The topological polar surface area (TPSA) is 42.4 Å². The van der Waals surface area contributed by atoms with E-state index in [-0.39, 0.29) is 0 Å². The van der Waals surface area contributed by atoms with Crippen molar-refractivity contribution in [3.63, 3.8) is 0 Å². The minimum absolute atomic E-state index is 0.536. The zero-order valence-corrected chi connectivity index (χ0v) is 12.1. The molecule has 1 aromatic carbocycles. The lowest BCUT2D eigenvalue weighted by Crippen LogP contribution is -2.23. The highest BCUT2D eigenvalue weighted by molar-refractivity contribution is 7.19. The Kier molecular flexibility index (Phi) is 3.20. The predicted octanol–water partition coefficient (Wildman–Crippen LogP) is 3.56. The van der Waals surface area contributed by atoms with Gasteiger partial charge in [0.05, 0.1) is 7.11 Å². The van der Waals surface area contributed by atoms with Crippen molar-refractivity contribution in [2.75, 3.05) is 7.11 Å². The van der Waals surface area contributed by atoms with Crippen LogP contribution in [0, 0.1) is 0 Å². The summed E-state index contributed by atoms with van der Waals surface area (Å²) in [5, 5.41) is 12.1. The van der Waals surface area contributed by atoms with Gasteiger partial charge in [-0.1, -0.05) is 18.2 Å². The Balaban J connectivity index is 2.15. The summed E-state index contributed by atoms with van der Waals surface area (Å²) in [6.45, 7) is 1.75. The fourth-order valence-corrected chi connectivity index (χ4v) is 3.37. The number of methoxy groups -OCH3 is 1. The lowest BCUT2D eigenvalue weighted by atomic mass is 9.98. The molecular weight excluding hydrogens is 270 g/mol. The molecule has 2 heterocycles. The zero-order valence-electron chi connectivity index (χ0n) is 11.3. The van der Waals surface area contributed by atoms with Crippen molar-refractivity contribution in [1.29, 1.82) is 0 Å². The van der Waals surface area contributed by atoms with Crippen LogP contribution in [-0.4, -0.2) is 17.2 Å². The Morgan fingerprint density at radius 3 is 2.75 bits per heavy atom. The first-order valence-corrected chi connectivity index (χ1v) is 7.15. The van der Waals surface area contributed by atoms with Crippen molar-refractivity contribution >= 4 is 21.4 Å². The van der Waals surface area contributed by atoms with Crippen molar-refractivity contribution in [1.82, 2.24) is 4.98 Å². The predicted molar refractivity (Wildman–Crippen MR) is 81.3 cm³/mol. The van der Waals surface area contributed by atoms with Crippen molar-refractivity contribution in [2.45, 2.75) is 12.5 Å². The number of aliphatic hydroxyl groups is 1. The summed E-state index contributed by atoms with van der Waals surface area (Å²) in [4.78, 5) is 5.16. The van der Waals surface area contributed by atoms with Crippen LogP contribution < -0.4 is 4.74 Å². The van der Waals surface area contributed by atoms with Crippen LogP contribution in [0.2, 0.25) is 0 Å². The van der Waals surface area contributed by atoms with Crippen LogP contribution in [0.25, 0.3) is 10.1 Å². The molecular formula is C16H15NO2S. The van der Waals surface area contributed by atoms with E-state index in [1.807, 2.05) is 30.3 Å². The van der Waals surface area contributed by atoms with Gasteiger partial charge < -0.3 is 9.84 Å². The Labute approximate surface area is 121 Å². The van der Waals surface area contributed by atoms with Gasteiger partial charge in [-0.2, -0.15) is 0 Å². The number of nitrogens with zero attached hydrogens (tertiary/aromatic N) is 1. The maximum absolute atomic E-state index is 10.9. The van der Waals surface area contributed by atoms with Gasteiger partial charge in [-0.3, -0.25) is 4.98 Å². The summed E-state index contributed by atoms with van der Waals surface area (Å²) >= 11 is 1.57. The largest absolute Gasteiger partial charge is 0.495 e. The lowest BCUT2D eigenvalue weighted by Gasteiger charge is -2.23. The smallest absolute Gasteiger partial charge is 0.143 e. The Morgan fingerprint density at radius 2 is 2.00 bits per heavy atom. The summed E-state index contributed by atoms with van der Waals surface area (Å²) in [5.41, 5.74) is -0.634. The molecule has 0 spiro atoms. The molecule has 3 aromatic rings. The number of hydrogen-bond acceptors (Lipinski definition) is 4. The molecule has 0 radical (unpaired) electrons. The maximum Gasteiger partial charge on any atom is 0.143 e. The van der Waals surface area contributed by atoms with Crippen molar-refractivity contribution < 1.29 is 9.84 Å². The number of rotatable bonds is 3. The van der Waals surface area contributed by atoms with Gasteiger partial charge in [0.1, 0.15) is 17.0 Å². The van der Waals surface area contributed by atoms with E-state index in [1.54, 1.807) is 37.6 Å². The fraction of sp³-hybridized carbons (Fsp3) is 0.188. The molecule has 0 amide bonds. The summed E-state index contributed by atoms with van der Waals surface area (Å²) < 4.78 is 6.46. The Morgan fingerprint density at radius 1 is 1.20 bits per heavy atom. The van der Waals surface area contributed by atoms with E-state index in [0.29, 0.717) is 11.4 Å². The van der Waals surface area contributed by atoms with Gasteiger partial charge in [0, 0.05) is 15.8 Å². The third-order valence-corrected chi connectivity index (χ3v) is 4.68. The van der Waals surface area contributed by atoms with Gasteiger partial charge in [-0.15, -0.1) is 11.3 Å². The minimum Gasteiger partial charge on any atom is -0.495 e. The van der Waals surface area contributed by atoms with Gasteiger partial charge in [0.2, 0.25) is 0 Å². The van der Waals surface area contributed by atoms with Gasteiger partial charge in [-0.25, -0.2) is 0 Å². The number of aromatic nitrogens is 1. The average Bonchev–Trinajstić information content (AvgIpc) is 2.92. The van der Waals surface area contributed by atoms with E-state index in [2.05, 4.69) is 11.1 Å². The molecule has 20 heavy (non-hydrogen) atoms. The second kappa shape index (κ2) is 4.89. The summed E-state index contributed by atoms with van der Waals surface area (Å²) in [6.07, 6.45) is 1.67. The molecule has 0 bridgehead atoms. The molecule has 3 rings (SSSR count). The molecule has 1 atom stereocenters. The normalized spacial score (nSPS) is 14.2. The number of thiophene rings is 1. The van der Waals surface area contributed by atoms with E-state index < -0.39 is 5.60 Å². The van der Waals surface area contributed by atoms with Crippen molar-refractivity contribution in [2.24, 2.45) is 0 Å². The first-order chi connectivity index (χ1) is 9.63. The second-order valence-electron chi connectivity index (χ2n) is 4.77. The molecule has 1 unspecified atom stereocenters. The lowest BCUT2D eigenvalue weighted by molar-refractivity contribution is 0.0978. The Bertz CT molecular complexity index is 716. The molecule has 0 saturated heterocycles. The van der Waals surface area contributed by atoms with Gasteiger partial charge in [0.25, 0.3) is 0 Å². The molecule has 1 N–H and O–H groups in total. The standard InChI is InChI=1S/C16H15NO2S/c1-16(18,15-12(19-2)7-5-9-17-15)14-10-11-6-3-4-8-13(11)20-14/h3-10,18H,1-2H3. The molecule has 3 nitrogen and oxygen atoms in total. The quantitative estimate of drug-likeness (QED) is 0.800. The van der Waals surface area contributed by atoms with Crippen LogP contribution in [0.4, 0.5) is 0 Å². The average molecular weight is 285 g/mol. The summed E-state index contributed by atoms with van der Waals surface area (Å²) in [5.74, 6) is 0.593. The number of pyridine rings is 1. The van der Waals surface area contributed by atoms with E-state index >= 15 is 0 Å². The highest BCUT2D eigenvalue weighted by atomic mass is 32.1. The molecule has 0 aliphatic carbocycles. The number of ether oxygens (including phenoxy) is 1. The van der Waals surface area contributed by atoms with Gasteiger partial charge in [0.15, 0.2) is 0 Å². The van der Waals surface area contributed by atoms with Gasteiger partial charge >= 0.3 is 0 Å². The van der Waals surface area contributed by atoms with Crippen molar-refractivity contribution in [3.8, 4) is 5.75 Å². The first-order valence-electron chi connectivity index (χ1n) is 6.34. The van der Waals surface area contributed by atoms with Gasteiger partial charge in [-0.05, 0) is 36.6 Å². The molecule has 0 fully saturated rings. The molecule has 0 saturated carbocycles. The SMILES string of the molecule is COc1cccnc1C(C)(O)c1cc2ccccc2s1. The molecule has 4 heteroatoms. The van der Waals surface area contributed by atoms with Crippen LogP contribution in [-0.2, 0) is 5.60 Å². The highest BCUT2D eigenvalue weighted by Gasteiger charge is 2.32. The maximum atomic E-state index is 10.9. The summed E-state index contributed by atoms with van der Waals surface area (Å²) in [7, 11) is 1.58.